The molecule has 1 N–H and O–H groups in total. The summed E-state index contributed by atoms with van der Waals surface area (Å²) in [5.74, 6) is -0.699. The van der Waals surface area contributed by atoms with Crippen molar-refractivity contribution in [2.24, 2.45) is 0 Å². The second-order valence-electron chi connectivity index (χ2n) is 4.82. The van der Waals surface area contributed by atoms with Crippen molar-refractivity contribution in [1.82, 2.24) is 14.9 Å². The zero-order chi connectivity index (χ0) is 16.6. The van der Waals surface area contributed by atoms with Gasteiger partial charge in [-0.2, -0.15) is 0 Å². The fourth-order valence-corrected chi connectivity index (χ4v) is 2.98. The topological polar surface area (TPSA) is 64.0 Å². The van der Waals surface area contributed by atoms with Crippen LogP contribution in [-0.4, -0.2) is 28.4 Å². The number of fused-ring (bicyclic) bond motifs is 1. The molecule has 116 valence electrons. The zero-order valence-corrected chi connectivity index (χ0v) is 13.5. The number of amides is 1. The molecule has 0 fully saturated rings. The lowest BCUT2D eigenvalue weighted by atomic mass is 10.1. The van der Waals surface area contributed by atoms with Crippen molar-refractivity contribution < 1.29 is 9.59 Å². The van der Waals surface area contributed by atoms with Gasteiger partial charge in [-0.15, -0.1) is 0 Å². The molecule has 23 heavy (non-hydrogen) atoms. The molecular formula is C16H11Cl2N3O2. The summed E-state index contributed by atoms with van der Waals surface area (Å²) in [7, 11) is 1.50. The van der Waals surface area contributed by atoms with Crippen molar-refractivity contribution in [3.8, 4) is 0 Å². The summed E-state index contributed by atoms with van der Waals surface area (Å²) in [6.07, 6.45) is 4.90. The number of benzene rings is 1. The van der Waals surface area contributed by atoms with E-state index in [0.29, 0.717) is 11.1 Å². The summed E-state index contributed by atoms with van der Waals surface area (Å²) >= 11 is 12.4. The molecule has 0 saturated heterocycles. The number of nitrogens with one attached hydrogen (secondary N) is 1. The van der Waals surface area contributed by atoms with Gasteiger partial charge in [0.15, 0.2) is 0 Å². The third-order valence-electron chi connectivity index (χ3n) is 3.45. The van der Waals surface area contributed by atoms with Crippen molar-refractivity contribution in [3.05, 3.63) is 64.0 Å². The molecule has 0 saturated carbocycles. The number of halogens is 2. The highest BCUT2D eigenvalue weighted by Crippen LogP contribution is 2.29. The van der Waals surface area contributed by atoms with Crippen molar-refractivity contribution in [2.75, 3.05) is 7.05 Å². The summed E-state index contributed by atoms with van der Waals surface area (Å²) in [5, 5.41) is 3.56. The SMILES string of the molecule is CNC(=O)c1cc(Cl)c(C(=O)n2ccc3cnccc32)c(Cl)c1. The molecule has 0 atom stereocenters. The maximum absolute atomic E-state index is 12.8. The summed E-state index contributed by atoms with van der Waals surface area (Å²) < 4.78 is 1.45. The molecule has 0 aliphatic rings. The summed E-state index contributed by atoms with van der Waals surface area (Å²) in [6.45, 7) is 0. The van der Waals surface area contributed by atoms with Crippen LogP contribution >= 0.6 is 23.2 Å². The van der Waals surface area contributed by atoms with Crippen LogP contribution in [0.1, 0.15) is 20.7 Å². The first-order valence-corrected chi connectivity index (χ1v) is 7.45. The third-order valence-corrected chi connectivity index (χ3v) is 4.05. The lowest BCUT2D eigenvalue weighted by molar-refractivity contribution is 0.0952. The third kappa shape index (κ3) is 2.69. The van der Waals surface area contributed by atoms with Crippen LogP contribution in [0, 0.1) is 0 Å². The molecule has 2 heterocycles. The largest absolute Gasteiger partial charge is 0.355 e. The number of nitrogens with zero attached hydrogens (tertiary/aromatic N) is 2. The maximum Gasteiger partial charge on any atom is 0.265 e. The molecule has 3 rings (SSSR count). The fourth-order valence-electron chi connectivity index (χ4n) is 2.33. The first kappa shape index (κ1) is 15.5. The molecular weight excluding hydrogens is 337 g/mol. The minimum atomic E-state index is -0.371. The Bertz CT molecular complexity index is 911. The maximum atomic E-state index is 12.8. The van der Waals surface area contributed by atoms with Crippen molar-refractivity contribution in [1.29, 1.82) is 0 Å². The number of pyridine rings is 1. The predicted octanol–water partition coefficient (Wildman–Crippen LogP) is 3.39. The normalized spacial score (nSPS) is 10.7. The van der Waals surface area contributed by atoms with Gasteiger partial charge in [0.05, 0.1) is 21.1 Å². The average Bonchev–Trinajstić information content (AvgIpc) is 2.97. The Labute approximate surface area is 141 Å². The van der Waals surface area contributed by atoms with E-state index in [9.17, 15) is 9.59 Å². The number of hydrogen-bond acceptors (Lipinski definition) is 3. The number of rotatable bonds is 2. The monoisotopic (exact) mass is 347 g/mol. The Kier molecular flexibility index (Phi) is 4.07. The molecule has 2 aromatic heterocycles. The van der Waals surface area contributed by atoms with Crippen LogP contribution in [0.2, 0.25) is 10.0 Å². The van der Waals surface area contributed by atoms with Crippen LogP contribution in [0.25, 0.3) is 10.9 Å². The van der Waals surface area contributed by atoms with Crippen LogP contribution in [0.15, 0.2) is 42.9 Å². The van der Waals surface area contributed by atoms with Crippen molar-refractivity contribution in [3.63, 3.8) is 0 Å². The Morgan fingerprint density at radius 3 is 2.52 bits per heavy atom. The smallest absolute Gasteiger partial charge is 0.265 e. The highest BCUT2D eigenvalue weighted by atomic mass is 35.5. The molecule has 0 bridgehead atoms. The molecule has 0 aliphatic heterocycles. The van der Waals surface area contributed by atoms with E-state index < -0.39 is 0 Å². The number of carbonyl (C=O) groups is 2. The molecule has 0 unspecified atom stereocenters. The van der Waals surface area contributed by atoms with Gasteiger partial charge in [-0.25, -0.2) is 0 Å². The highest BCUT2D eigenvalue weighted by Gasteiger charge is 2.20. The van der Waals surface area contributed by atoms with Gasteiger partial charge in [-0.3, -0.25) is 19.1 Å². The minimum absolute atomic E-state index is 0.122. The molecule has 1 amide bonds. The van der Waals surface area contributed by atoms with Gasteiger partial charge in [0.25, 0.3) is 11.8 Å². The molecule has 0 radical (unpaired) electrons. The summed E-state index contributed by atoms with van der Waals surface area (Å²) in [5.41, 5.74) is 1.14. The van der Waals surface area contributed by atoms with Gasteiger partial charge < -0.3 is 5.32 Å². The number of carbonyl (C=O) groups excluding carboxylic acids is 2. The summed E-state index contributed by atoms with van der Waals surface area (Å²) in [6, 6.07) is 6.36. The van der Waals surface area contributed by atoms with Gasteiger partial charge in [0, 0.05) is 36.6 Å². The van der Waals surface area contributed by atoms with Crippen LogP contribution in [-0.2, 0) is 0 Å². The Morgan fingerprint density at radius 1 is 1.17 bits per heavy atom. The van der Waals surface area contributed by atoms with Gasteiger partial charge in [-0.05, 0) is 24.3 Å². The molecule has 0 aliphatic carbocycles. The zero-order valence-electron chi connectivity index (χ0n) is 12.0. The van der Waals surface area contributed by atoms with E-state index in [0.717, 1.165) is 5.39 Å². The van der Waals surface area contributed by atoms with Crippen LogP contribution in [0.4, 0.5) is 0 Å². The van der Waals surface area contributed by atoms with E-state index in [1.54, 1.807) is 30.7 Å². The van der Waals surface area contributed by atoms with E-state index >= 15 is 0 Å². The van der Waals surface area contributed by atoms with E-state index in [1.165, 1.54) is 23.7 Å². The van der Waals surface area contributed by atoms with Gasteiger partial charge in [0.2, 0.25) is 0 Å². The second kappa shape index (κ2) is 6.02. The molecule has 3 aromatic rings. The summed E-state index contributed by atoms with van der Waals surface area (Å²) in [4.78, 5) is 28.5. The fraction of sp³-hybridized carbons (Fsp3) is 0.0625. The highest BCUT2D eigenvalue weighted by molar-refractivity contribution is 6.40. The van der Waals surface area contributed by atoms with E-state index in [2.05, 4.69) is 10.3 Å². The Morgan fingerprint density at radius 2 is 1.87 bits per heavy atom. The lowest BCUT2D eigenvalue weighted by Gasteiger charge is -2.10. The van der Waals surface area contributed by atoms with E-state index in [4.69, 9.17) is 23.2 Å². The minimum Gasteiger partial charge on any atom is -0.355 e. The first-order chi connectivity index (χ1) is 11.0. The van der Waals surface area contributed by atoms with E-state index in [1.807, 2.05) is 0 Å². The lowest BCUT2D eigenvalue weighted by Crippen LogP contribution is -2.19. The first-order valence-electron chi connectivity index (χ1n) is 6.70. The molecule has 1 aromatic carbocycles. The molecule has 5 nitrogen and oxygen atoms in total. The standard InChI is InChI=1S/C16H11Cl2N3O2/c1-19-15(22)10-6-11(17)14(12(18)7-10)16(23)21-5-3-9-8-20-4-2-13(9)21/h2-8H,1H3,(H,19,22). The van der Waals surface area contributed by atoms with Crippen LogP contribution < -0.4 is 5.32 Å². The predicted molar refractivity (Wildman–Crippen MR) is 89.3 cm³/mol. The van der Waals surface area contributed by atoms with Crippen LogP contribution in [0.3, 0.4) is 0 Å². The van der Waals surface area contributed by atoms with Crippen LogP contribution in [0.5, 0.6) is 0 Å². The van der Waals surface area contributed by atoms with Gasteiger partial charge in [-0.1, -0.05) is 23.2 Å². The second-order valence-corrected chi connectivity index (χ2v) is 5.63. The van der Waals surface area contributed by atoms with Gasteiger partial charge in [0.1, 0.15) is 0 Å². The Hall–Kier alpha value is -2.37. The number of aromatic nitrogens is 2. The molecule has 7 heteroatoms. The van der Waals surface area contributed by atoms with Gasteiger partial charge >= 0.3 is 0 Å². The van der Waals surface area contributed by atoms with Crippen molar-refractivity contribution >= 4 is 45.9 Å². The number of hydrogen-bond donors (Lipinski definition) is 1. The Balaban J connectivity index is 2.11. The average molecular weight is 348 g/mol. The van der Waals surface area contributed by atoms with Crippen molar-refractivity contribution in [2.45, 2.75) is 0 Å². The molecule has 0 spiro atoms. The van der Waals surface area contributed by atoms with E-state index in [-0.39, 0.29) is 27.4 Å². The quantitative estimate of drug-likeness (QED) is 0.772.